The van der Waals surface area contributed by atoms with Crippen molar-refractivity contribution in [2.75, 3.05) is 11.4 Å². The van der Waals surface area contributed by atoms with Gasteiger partial charge in [0.05, 0.1) is 50.5 Å². The van der Waals surface area contributed by atoms with E-state index >= 15 is 0 Å². The molecular formula is C35H28BrCl2N3O5S. The zero-order chi connectivity index (χ0) is 33.4. The topological polar surface area (TPSA) is 97.3 Å². The van der Waals surface area contributed by atoms with E-state index in [1.807, 2.05) is 36.4 Å². The van der Waals surface area contributed by atoms with Gasteiger partial charge in [-0.05, 0) is 81.2 Å². The van der Waals surface area contributed by atoms with Crippen molar-refractivity contribution in [3.8, 4) is 11.5 Å². The number of anilines is 1. The summed E-state index contributed by atoms with van der Waals surface area (Å²) in [6, 6.07) is 32.5. The van der Waals surface area contributed by atoms with Gasteiger partial charge in [0.2, 0.25) is 0 Å². The lowest BCUT2D eigenvalue weighted by molar-refractivity contribution is 0.0955. The van der Waals surface area contributed by atoms with Crippen LogP contribution in [0.3, 0.4) is 0 Å². The summed E-state index contributed by atoms with van der Waals surface area (Å²) in [4.78, 5) is 13.6. The summed E-state index contributed by atoms with van der Waals surface area (Å²) in [6.45, 7) is 0.231. The van der Waals surface area contributed by atoms with E-state index < -0.39 is 15.9 Å². The molecule has 5 rings (SSSR count). The van der Waals surface area contributed by atoms with Crippen LogP contribution < -0.4 is 19.2 Å². The summed E-state index contributed by atoms with van der Waals surface area (Å²) in [6.07, 6.45) is 1.44. The van der Waals surface area contributed by atoms with Crippen molar-refractivity contribution in [3.63, 3.8) is 0 Å². The third-order valence-electron chi connectivity index (χ3n) is 6.92. The number of carbonyl (C=O) groups excluding carboxylic acids is 1. The third-order valence-corrected chi connectivity index (χ3v) is 10.0. The van der Waals surface area contributed by atoms with Crippen LogP contribution in [0.4, 0.5) is 5.69 Å². The lowest BCUT2D eigenvalue weighted by Crippen LogP contribution is -2.33. The summed E-state index contributed by atoms with van der Waals surface area (Å²) < 4.78 is 41.2. The van der Waals surface area contributed by atoms with Crippen molar-refractivity contribution in [3.05, 3.63) is 152 Å². The van der Waals surface area contributed by atoms with E-state index in [2.05, 4.69) is 26.5 Å². The molecule has 0 aliphatic heterocycles. The van der Waals surface area contributed by atoms with Crippen LogP contribution in [0, 0.1) is 0 Å². The summed E-state index contributed by atoms with van der Waals surface area (Å²) >= 11 is 15.7. The molecule has 1 amide bonds. The lowest BCUT2D eigenvalue weighted by Gasteiger charge is -2.26. The van der Waals surface area contributed by atoms with Gasteiger partial charge >= 0.3 is 0 Å². The smallest absolute Gasteiger partial charge is 0.273 e. The molecule has 5 aromatic carbocycles. The highest BCUT2D eigenvalue weighted by atomic mass is 79.9. The van der Waals surface area contributed by atoms with Gasteiger partial charge in [0.1, 0.15) is 6.61 Å². The standard InChI is InChI=1S/C35H28BrCl2N3O5S/c1-45-33-20-26(18-29(36)34(33)46-23-25-16-17-30(37)31(38)19-25)21-39-40-35(42)28-14-8-9-15-32(28)41(22-24-10-4-2-5-11-24)47(43,44)27-12-6-3-7-13-27/h2-21H,22-23H2,1H3,(H,40,42)/b39-21-. The van der Waals surface area contributed by atoms with E-state index in [-0.39, 0.29) is 29.3 Å². The number of hydrazone groups is 1. The third kappa shape index (κ3) is 8.33. The predicted octanol–water partition coefficient (Wildman–Crippen LogP) is 8.50. The molecule has 0 radical (unpaired) electrons. The molecule has 0 bridgehead atoms. The molecule has 240 valence electrons. The molecule has 5 aromatic rings. The van der Waals surface area contributed by atoms with Crippen LogP contribution in [-0.2, 0) is 23.2 Å². The number of rotatable bonds is 12. The van der Waals surface area contributed by atoms with Crippen LogP contribution >= 0.6 is 39.1 Å². The lowest BCUT2D eigenvalue weighted by atomic mass is 10.1. The molecule has 0 unspecified atom stereocenters. The molecule has 8 nitrogen and oxygen atoms in total. The van der Waals surface area contributed by atoms with Crippen molar-refractivity contribution in [2.45, 2.75) is 18.0 Å². The minimum atomic E-state index is -4.04. The Balaban J connectivity index is 1.37. The van der Waals surface area contributed by atoms with Crippen molar-refractivity contribution >= 4 is 67.0 Å². The Kier molecular flexibility index (Phi) is 11.2. The number of nitrogens with zero attached hydrogens (tertiary/aromatic N) is 2. The van der Waals surface area contributed by atoms with Crippen LogP contribution in [0.5, 0.6) is 11.5 Å². The first kappa shape index (κ1) is 34.0. The average Bonchev–Trinajstić information content (AvgIpc) is 3.08. The number of hydrogen-bond acceptors (Lipinski definition) is 6. The Morgan fingerprint density at radius 2 is 1.55 bits per heavy atom. The van der Waals surface area contributed by atoms with Gasteiger partial charge in [-0.15, -0.1) is 0 Å². The van der Waals surface area contributed by atoms with Crippen LogP contribution in [0.2, 0.25) is 10.0 Å². The van der Waals surface area contributed by atoms with Crippen LogP contribution in [0.25, 0.3) is 0 Å². The Bertz CT molecular complexity index is 2010. The second kappa shape index (κ2) is 15.5. The SMILES string of the molecule is COc1cc(/C=N\NC(=O)c2ccccc2N(Cc2ccccc2)S(=O)(=O)c2ccccc2)cc(Br)c1OCc1ccc(Cl)c(Cl)c1. The van der Waals surface area contributed by atoms with Crippen molar-refractivity contribution in [1.82, 2.24) is 5.43 Å². The van der Waals surface area contributed by atoms with E-state index in [1.165, 1.54) is 29.8 Å². The van der Waals surface area contributed by atoms with E-state index in [0.29, 0.717) is 31.6 Å². The molecule has 0 fully saturated rings. The monoisotopic (exact) mass is 751 g/mol. The Morgan fingerprint density at radius 1 is 0.872 bits per heavy atom. The normalized spacial score (nSPS) is 11.3. The van der Waals surface area contributed by atoms with E-state index in [4.69, 9.17) is 32.7 Å². The second-order valence-electron chi connectivity index (χ2n) is 10.1. The van der Waals surface area contributed by atoms with Gasteiger partial charge in [-0.25, -0.2) is 13.8 Å². The predicted molar refractivity (Wildman–Crippen MR) is 189 cm³/mol. The number of carbonyl (C=O) groups is 1. The molecule has 0 aromatic heterocycles. The highest BCUT2D eigenvalue weighted by molar-refractivity contribution is 9.10. The number of amides is 1. The molecule has 0 heterocycles. The summed E-state index contributed by atoms with van der Waals surface area (Å²) in [5, 5.41) is 5.02. The number of benzene rings is 5. The van der Waals surface area contributed by atoms with Gasteiger partial charge in [0.15, 0.2) is 11.5 Å². The summed E-state index contributed by atoms with van der Waals surface area (Å²) in [5.74, 6) is 0.304. The molecule has 0 atom stereocenters. The van der Waals surface area contributed by atoms with Crippen LogP contribution in [0.15, 0.2) is 130 Å². The number of sulfonamides is 1. The molecule has 0 spiro atoms. The molecule has 0 aliphatic rings. The number of nitrogens with one attached hydrogen (secondary N) is 1. The number of methoxy groups -OCH3 is 1. The zero-order valence-electron chi connectivity index (χ0n) is 24.9. The average molecular weight is 754 g/mol. The molecule has 47 heavy (non-hydrogen) atoms. The maximum atomic E-state index is 13.9. The van der Waals surface area contributed by atoms with Crippen molar-refractivity contribution < 1.29 is 22.7 Å². The zero-order valence-corrected chi connectivity index (χ0v) is 28.9. The fourth-order valence-electron chi connectivity index (χ4n) is 4.62. The maximum absolute atomic E-state index is 13.9. The van der Waals surface area contributed by atoms with E-state index in [0.717, 1.165) is 11.1 Å². The van der Waals surface area contributed by atoms with Crippen LogP contribution in [0.1, 0.15) is 27.0 Å². The van der Waals surface area contributed by atoms with Gasteiger partial charge in [0.25, 0.3) is 15.9 Å². The van der Waals surface area contributed by atoms with Gasteiger partial charge in [-0.1, -0.05) is 89.9 Å². The van der Waals surface area contributed by atoms with Crippen molar-refractivity contribution in [2.24, 2.45) is 5.10 Å². The molecule has 1 N–H and O–H groups in total. The minimum Gasteiger partial charge on any atom is -0.493 e. The quantitative estimate of drug-likeness (QED) is 0.102. The largest absolute Gasteiger partial charge is 0.493 e. The molecule has 12 heteroatoms. The number of hydrogen-bond donors (Lipinski definition) is 1. The second-order valence-corrected chi connectivity index (χ2v) is 13.6. The number of halogens is 3. The van der Waals surface area contributed by atoms with Gasteiger partial charge in [-0.3, -0.25) is 9.10 Å². The van der Waals surface area contributed by atoms with Gasteiger partial charge < -0.3 is 9.47 Å². The molecule has 0 saturated heterocycles. The van der Waals surface area contributed by atoms with Crippen LogP contribution in [-0.4, -0.2) is 27.6 Å². The Labute approximate surface area is 291 Å². The first-order chi connectivity index (χ1) is 22.7. The first-order valence-corrected chi connectivity index (χ1v) is 17.1. The fourth-order valence-corrected chi connectivity index (χ4v) is 7.00. The first-order valence-electron chi connectivity index (χ1n) is 14.2. The van der Waals surface area contributed by atoms with Gasteiger partial charge in [-0.2, -0.15) is 5.10 Å². The highest BCUT2D eigenvalue weighted by Crippen LogP contribution is 2.37. The minimum absolute atomic E-state index is 0.0128. The summed E-state index contributed by atoms with van der Waals surface area (Å²) in [5.41, 5.74) is 5.04. The van der Waals surface area contributed by atoms with Gasteiger partial charge in [0, 0.05) is 0 Å². The number of para-hydroxylation sites is 1. The van der Waals surface area contributed by atoms with Crippen molar-refractivity contribution in [1.29, 1.82) is 0 Å². The Morgan fingerprint density at radius 3 is 2.26 bits per heavy atom. The number of ether oxygens (including phenoxy) is 2. The molecule has 0 aliphatic carbocycles. The molecule has 0 saturated carbocycles. The maximum Gasteiger partial charge on any atom is 0.273 e. The molecular weight excluding hydrogens is 725 g/mol. The van der Waals surface area contributed by atoms with E-state index in [9.17, 15) is 13.2 Å². The van der Waals surface area contributed by atoms with E-state index in [1.54, 1.807) is 66.7 Å². The highest BCUT2D eigenvalue weighted by Gasteiger charge is 2.28. The summed E-state index contributed by atoms with van der Waals surface area (Å²) in [7, 11) is -2.53. The Hall–Kier alpha value is -4.35. The fraction of sp³-hybridized carbons (Fsp3) is 0.0857.